The van der Waals surface area contributed by atoms with Crippen molar-refractivity contribution in [2.45, 2.75) is 39.0 Å². The number of aromatic nitrogens is 2. The Labute approximate surface area is 132 Å². The molecular weight excluding hydrogens is 304 g/mol. The quantitative estimate of drug-likeness (QED) is 0.869. The number of benzene rings is 1. The Morgan fingerprint density at radius 2 is 2.13 bits per heavy atom. The van der Waals surface area contributed by atoms with Gasteiger partial charge in [0.05, 0.1) is 0 Å². The summed E-state index contributed by atoms with van der Waals surface area (Å²) in [6.07, 6.45) is 2.77. The third-order valence-corrected chi connectivity index (χ3v) is 3.89. The highest BCUT2D eigenvalue weighted by molar-refractivity contribution is 5.94. The zero-order valence-corrected chi connectivity index (χ0v) is 12.8. The highest BCUT2D eigenvalue weighted by Crippen LogP contribution is 2.30. The summed E-state index contributed by atoms with van der Waals surface area (Å²) in [5, 5.41) is 3.69. The molecule has 7 heteroatoms. The number of fused-ring (bicyclic) bond motifs is 1. The lowest BCUT2D eigenvalue weighted by atomic mass is 10.0. The first-order chi connectivity index (χ1) is 11.0. The van der Waals surface area contributed by atoms with Gasteiger partial charge in [-0.05, 0) is 37.8 Å². The van der Waals surface area contributed by atoms with Crippen molar-refractivity contribution in [3.05, 3.63) is 41.0 Å². The van der Waals surface area contributed by atoms with E-state index in [9.17, 15) is 13.6 Å². The number of hydrogen-bond donors (Lipinski definition) is 0. The molecule has 1 aliphatic rings. The van der Waals surface area contributed by atoms with Crippen LogP contribution >= 0.6 is 0 Å². The minimum absolute atomic E-state index is 0.104. The predicted molar refractivity (Wildman–Crippen MR) is 79.0 cm³/mol. The lowest BCUT2D eigenvalue weighted by Gasteiger charge is -2.29. The Balaban J connectivity index is 1.65. The lowest BCUT2D eigenvalue weighted by Crippen LogP contribution is -2.35. The van der Waals surface area contributed by atoms with Crippen LogP contribution in [-0.4, -0.2) is 22.6 Å². The maximum absolute atomic E-state index is 13.5. The Morgan fingerprint density at radius 1 is 1.35 bits per heavy atom. The van der Waals surface area contributed by atoms with E-state index < -0.39 is 11.6 Å². The second-order valence-electron chi connectivity index (χ2n) is 5.63. The van der Waals surface area contributed by atoms with E-state index in [1.165, 1.54) is 6.07 Å². The van der Waals surface area contributed by atoms with Crippen LogP contribution < -0.4 is 4.90 Å². The van der Waals surface area contributed by atoms with Gasteiger partial charge in [0.2, 0.25) is 11.8 Å². The topological polar surface area (TPSA) is 59.2 Å². The molecule has 0 fully saturated rings. The summed E-state index contributed by atoms with van der Waals surface area (Å²) < 4.78 is 31.8. The van der Waals surface area contributed by atoms with Crippen LogP contribution in [0.1, 0.15) is 36.5 Å². The van der Waals surface area contributed by atoms with E-state index in [4.69, 9.17) is 4.52 Å². The van der Waals surface area contributed by atoms with Crippen molar-refractivity contribution < 1.29 is 18.1 Å². The second kappa shape index (κ2) is 6.44. The highest BCUT2D eigenvalue weighted by Gasteiger charge is 2.24. The van der Waals surface area contributed by atoms with E-state index in [1.54, 1.807) is 11.8 Å². The zero-order valence-electron chi connectivity index (χ0n) is 12.8. The molecule has 1 aromatic heterocycles. The van der Waals surface area contributed by atoms with Crippen molar-refractivity contribution >= 4 is 11.6 Å². The fraction of sp³-hybridized carbons (Fsp3) is 0.438. The molecule has 0 aliphatic carbocycles. The Kier molecular flexibility index (Phi) is 4.36. The van der Waals surface area contributed by atoms with Gasteiger partial charge in [0.25, 0.3) is 0 Å². The van der Waals surface area contributed by atoms with Crippen LogP contribution in [0.4, 0.5) is 14.5 Å². The van der Waals surface area contributed by atoms with E-state index in [0.29, 0.717) is 55.2 Å². The van der Waals surface area contributed by atoms with Crippen molar-refractivity contribution in [3.63, 3.8) is 0 Å². The normalized spacial score (nSPS) is 14.0. The molecule has 1 aromatic carbocycles. The summed E-state index contributed by atoms with van der Waals surface area (Å²) in [6.45, 7) is 2.26. The Morgan fingerprint density at radius 3 is 2.87 bits per heavy atom. The second-order valence-corrected chi connectivity index (χ2v) is 5.63. The predicted octanol–water partition coefficient (Wildman–Crippen LogP) is 2.96. The van der Waals surface area contributed by atoms with Gasteiger partial charge in [0.15, 0.2) is 17.5 Å². The number of aryl methyl sites for hydroxylation is 3. The van der Waals surface area contributed by atoms with E-state index in [0.717, 1.165) is 12.5 Å². The summed E-state index contributed by atoms with van der Waals surface area (Å²) in [5.74, 6) is -0.834. The lowest BCUT2D eigenvalue weighted by molar-refractivity contribution is -0.118. The first-order valence-electron chi connectivity index (χ1n) is 7.62. The fourth-order valence-corrected chi connectivity index (χ4v) is 2.80. The van der Waals surface area contributed by atoms with Crippen molar-refractivity contribution in [2.75, 3.05) is 11.4 Å². The van der Waals surface area contributed by atoms with Gasteiger partial charge in [-0.25, -0.2) is 8.78 Å². The molecule has 0 spiro atoms. The molecule has 1 aliphatic heterocycles. The zero-order chi connectivity index (χ0) is 16.4. The van der Waals surface area contributed by atoms with Gasteiger partial charge in [-0.3, -0.25) is 4.79 Å². The summed E-state index contributed by atoms with van der Waals surface area (Å²) >= 11 is 0. The Bertz CT molecular complexity index is 730. The van der Waals surface area contributed by atoms with Gasteiger partial charge in [-0.2, -0.15) is 4.98 Å². The number of carbonyl (C=O) groups is 1. The van der Waals surface area contributed by atoms with Gasteiger partial charge in [0, 0.05) is 31.1 Å². The van der Waals surface area contributed by atoms with Crippen LogP contribution in [-0.2, 0) is 17.6 Å². The molecular formula is C16H17F2N3O2. The van der Waals surface area contributed by atoms with Crippen molar-refractivity contribution in [3.8, 4) is 0 Å². The molecule has 23 heavy (non-hydrogen) atoms. The standard InChI is InChI=1S/C16H17F2N3O2/c1-10-19-15(23-20-10)5-2-6-16(22)21-7-3-4-11-8-12(17)13(18)9-14(11)21/h8-9H,2-7H2,1H3. The van der Waals surface area contributed by atoms with E-state index in [-0.39, 0.29) is 5.91 Å². The average Bonchev–Trinajstić information content (AvgIpc) is 2.93. The van der Waals surface area contributed by atoms with E-state index in [2.05, 4.69) is 10.1 Å². The van der Waals surface area contributed by atoms with Gasteiger partial charge in [-0.15, -0.1) is 0 Å². The molecule has 0 radical (unpaired) electrons. The Hall–Kier alpha value is -2.31. The molecule has 2 aromatic rings. The third kappa shape index (κ3) is 3.38. The summed E-state index contributed by atoms with van der Waals surface area (Å²) in [5.41, 5.74) is 1.16. The van der Waals surface area contributed by atoms with Crippen LogP contribution in [0.3, 0.4) is 0 Å². The smallest absolute Gasteiger partial charge is 0.227 e. The molecule has 0 atom stereocenters. The average molecular weight is 321 g/mol. The van der Waals surface area contributed by atoms with Crippen LogP contribution in [0.5, 0.6) is 0 Å². The minimum Gasteiger partial charge on any atom is -0.339 e. The molecule has 1 amide bonds. The number of rotatable bonds is 4. The molecule has 122 valence electrons. The summed E-state index contributed by atoms with van der Waals surface area (Å²) in [4.78, 5) is 18.0. The van der Waals surface area contributed by atoms with Crippen LogP contribution in [0.15, 0.2) is 16.7 Å². The molecule has 5 nitrogen and oxygen atoms in total. The SMILES string of the molecule is Cc1noc(CCCC(=O)N2CCCc3cc(F)c(F)cc32)n1. The monoisotopic (exact) mass is 321 g/mol. The number of anilines is 1. The van der Waals surface area contributed by atoms with Gasteiger partial charge < -0.3 is 9.42 Å². The van der Waals surface area contributed by atoms with Crippen molar-refractivity contribution in [1.82, 2.24) is 10.1 Å². The molecule has 0 N–H and O–H groups in total. The first-order valence-corrected chi connectivity index (χ1v) is 7.62. The highest BCUT2D eigenvalue weighted by atomic mass is 19.2. The molecule has 0 saturated carbocycles. The maximum Gasteiger partial charge on any atom is 0.227 e. The molecule has 2 heterocycles. The number of halogens is 2. The van der Waals surface area contributed by atoms with Crippen LogP contribution in [0.25, 0.3) is 0 Å². The minimum atomic E-state index is -0.926. The number of carbonyl (C=O) groups excluding carboxylic acids is 1. The molecule has 0 bridgehead atoms. The van der Waals surface area contributed by atoms with Crippen LogP contribution in [0.2, 0.25) is 0 Å². The van der Waals surface area contributed by atoms with Gasteiger partial charge >= 0.3 is 0 Å². The largest absolute Gasteiger partial charge is 0.339 e. The number of amides is 1. The van der Waals surface area contributed by atoms with Gasteiger partial charge in [-0.1, -0.05) is 5.16 Å². The summed E-state index contributed by atoms with van der Waals surface area (Å²) in [6, 6.07) is 2.30. The van der Waals surface area contributed by atoms with Crippen LogP contribution in [0, 0.1) is 18.6 Å². The van der Waals surface area contributed by atoms with E-state index >= 15 is 0 Å². The molecule has 3 rings (SSSR count). The maximum atomic E-state index is 13.5. The fourth-order valence-electron chi connectivity index (χ4n) is 2.80. The number of hydrogen-bond acceptors (Lipinski definition) is 4. The third-order valence-electron chi connectivity index (χ3n) is 3.89. The molecule has 0 unspecified atom stereocenters. The van der Waals surface area contributed by atoms with E-state index in [1.807, 2.05) is 0 Å². The summed E-state index contributed by atoms with van der Waals surface area (Å²) in [7, 11) is 0. The van der Waals surface area contributed by atoms with Crippen molar-refractivity contribution in [1.29, 1.82) is 0 Å². The van der Waals surface area contributed by atoms with Gasteiger partial charge in [0.1, 0.15) is 0 Å². The first kappa shape index (κ1) is 15.6. The number of nitrogens with zero attached hydrogens (tertiary/aromatic N) is 3. The van der Waals surface area contributed by atoms with Crippen molar-refractivity contribution in [2.24, 2.45) is 0 Å². The molecule has 0 saturated heterocycles.